The van der Waals surface area contributed by atoms with Gasteiger partial charge in [0.15, 0.2) is 0 Å². The number of ether oxygens (including phenoxy) is 1. The summed E-state index contributed by atoms with van der Waals surface area (Å²) >= 11 is 0. The van der Waals surface area contributed by atoms with E-state index >= 15 is 0 Å². The van der Waals surface area contributed by atoms with Crippen molar-refractivity contribution in [1.82, 2.24) is 4.90 Å². The Hall–Kier alpha value is -1.55. The fourth-order valence-electron chi connectivity index (χ4n) is 2.48. The smallest absolute Gasteiger partial charge is 0.229 e. The van der Waals surface area contributed by atoms with E-state index in [1.165, 1.54) is 0 Å². The largest absolute Gasteiger partial charge is 0.492 e. The summed E-state index contributed by atoms with van der Waals surface area (Å²) in [5.74, 6) is 0.959. The number of para-hydroxylation sites is 1. The van der Waals surface area contributed by atoms with Crippen LogP contribution in [0.15, 0.2) is 24.3 Å². The number of rotatable bonds is 4. The van der Waals surface area contributed by atoms with Crippen LogP contribution in [0.5, 0.6) is 5.75 Å². The molecule has 0 spiro atoms. The number of amides is 1. The SMILES string of the molecule is CC(C)N(CCN)C(=O)C1COc2ccccc2C1. The molecule has 19 heavy (non-hydrogen) atoms. The van der Waals surface area contributed by atoms with Gasteiger partial charge in [-0.1, -0.05) is 18.2 Å². The van der Waals surface area contributed by atoms with Crippen LogP contribution in [-0.2, 0) is 11.2 Å². The lowest BCUT2D eigenvalue weighted by molar-refractivity contribution is -0.138. The Bertz CT molecular complexity index is 446. The van der Waals surface area contributed by atoms with Gasteiger partial charge < -0.3 is 15.4 Å². The van der Waals surface area contributed by atoms with Crippen molar-refractivity contribution in [2.24, 2.45) is 11.7 Å². The molecule has 0 aliphatic carbocycles. The third-order valence-electron chi connectivity index (χ3n) is 3.50. The lowest BCUT2D eigenvalue weighted by Crippen LogP contribution is -2.46. The Labute approximate surface area is 114 Å². The molecule has 0 radical (unpaired) electrons. The van der Waals surface area contributed by atoms with Crippen molar-refractivity contribution in [2.75, 3.05) is 19.7 Å². The third kappa shape index (κ3) is 3.07. The molecule has 104 valence electrons. The minimum Gasteiger partial charge on any atom is -0.492 e. The van der Waals surface area contributed by atoms with Gasteiger partial charge in [0, 0.05) is 19.1 Å². The first-order valence-electron chi connectivity index (χ1n) is 6.84. The van der Waals surface area contributed by atoms with E-state index in [0.29, 0.717) is 19.7 Å². The average Bonchev–Trinajstić information content (AvgIpc) is 2.43. The van der Waals surface area contributed by atoms with Gasteiger partial charge in [0.05, 0.1) is 5.92 Å². The number of carbonyl (C=O) groups is 1. The van der Waals surface area contributed by atoms with Gasteiger partial charge >= 0.3 is 0 Å². The summed E-state index contributed by atoms with van der Waals surface area (Å²) in [6.45, 7) is 5.60. The van der Waals surface area contributed by atoms with Gasteiger partial charge in [0.25, 0.3) is 0 Å². The molecule has 1 aliphatic heterocycles. The molecule has 0 fully saturated rings. The summed E-state index contributed by atoms with van der Waals surface area (Å²) in [5.41, 5.74) is 6.70. The van der Waals surface area contributed by atoms with Gasteiger partial charge in [0.2, 0.25) is 5.91 Å². The second-order valence-corrected chi connectivity index (χ2v) is 5.23. The van der Waals surface area contributed by atoms with Crippen LogP contribution in [0.3, 0.4) is 0 Å². The number of carbonyl (C=O) groups excluding carboxylic acids is 1. The molecule has 0 saturated heterocycles. The van der Waals surface area contributed by atoms with Gasteiger partial charge in [-0.2, -0.15) is 0 Å². The maximum atomic E-state index is 12.5. The van der Waals surface area contributed by atoms with Crippen LogP contribution in [0, 0.1) is 5.92 Å². The van der Waals surface area contributed by atoms with E-state index < -0.39 is 0 Å². The molecule has 2 N–H and O–H groups in total. The number of fused-ring (bicyclic) bond motifs is 1. The zero-order chi connectivity index (χ0) is 13.8. The van der Waals surface area contributed by atoms with Gasteiger partial charge in [-0.25, -0.2) is 0 Å². The second-order valence-electron chi connectivity index (χ2n) is 5.23. The van der Waals surface area contributed by atoms with E-state index in [9.17, 15) is 4.79 Å². The van der Waals surface area contributed by atoms with Crippen molar-refractivity contribution in [3.05, 3.63) is 29.8 Å². The highest BCUT2D eigenvalue weighted by molar-refractivity contribution is 5.80. The molecule has 1 heterocycles. The molecule has 0 saturated carbocycles. The molecule has 0 aromatic heterocycles. The molecule has 1 aromatic rings. The predicted octanol–water partition coefficient (Wildman–Crippen LogP) is 1.43. The first-order chi connectivity index (χ1) is 9.13. The first-order valence-corrected chi connectivity index (χ1v) is 6.84. The van der Waals surface area contributed by atoms with Crippen LogP contribution in [0.2, 0.25) is 0 Å². The minimum absolute atomic E-state index is 0.0937. The molecule has 1 aromatic carbocycles. The lowest BCUT2D eigenvalue weighted by atomic mass is 9.95. The molecule has 4 heteroatoms. The molecule has 1 atom stereocenters. The molecule has 1 amide bonds. The fourth-order valence-corrected chi connectivity index (χ4v) is 2.48. The van der Waals surface area contributed by atoms with E-state index in [0.717, 1.165) is 17.7 Å². The van der Waals surface area contributed by atoms with Crippen molar-refractivity contribution in [3.63, 3.8) is 0 Å². The van der Waals surface area contributed by atoms with Crippen molar-refractivity contribution in [1.29, 1.82) is 0 Å². The van der Waals surface area contributed by atoms with Crippen LogP contribution >= 0.6 is 0 Å². The molecule has 1 aliphatic rings. The third-order valence-corrected chi connectivity index (χ3v) is 3.50. The molecular weight excluding hydrogens is 240 g/mol. The van der Waals surface area contributed by atoms with Crippen molar-refractivity contribution >= 4 is 5.91 Å². The fraction of sp³-hybridized carbons (Fsp3) is 0.533. The summed E-state index contributed by atoms with van der Waals surface area (Å²) < 4.78 is 5.69. The number of benzene rings is 1. The maximum Gasteiger partial charge on any atom is 0.229 e. The van der Waals surface area contributed by atoms with E-state index in [-0.39, 0.29) is 17.9 Å². The van der Waals surface area contributed by atoms with Gasteiger partial charge in [-0.15, -0.1) is 0 Å². The Morgan fingerprint density at radius 2 is 2.21 bits per heavy atom. The first kappa shape index (κ1) is 13.9. The molecule has 2 rings (SSSR count). The van der Waals surface area contributed by atoms with Crippen molar-refractivity contribution in [3.8, 4) is 5.75 Å². The van der Waals surface area contributed by atoms with Gasteiger partial charge in [-0.05, 0) is 31.9 Å². The van der Waals surface area contributed by atoms with E-state index in [1.54, 1.807) is 0 Å². The standard InChI is InChI=1S/C15H22N2O2/c1-11(2)17(8-7-16)15(18)13-9-12-5-3-4-6-14(12)19-10-13/h3-6,11,13H,7-10,16H2,1-2H3. The van der Waals surface area contributed by atoms with Gasteiger partial charge in [-0.3, -0.25) is 4.79 Å². The Kier molecular flexibility index (Phi) is 4.43. The number of nitrogens with zero attached hydrogens (tertiary/aromatic N) is 1. The van der Waals surface area contributed by atoms with Crippen LogP contribution in [-0.4, -0.2) is 36.5 Å². The number of nitrogens with two attached hydrogens (primary N) is 1. The predicted molar refractivity (Wildman–Crippen MR) is 75.0 cm³/mol. The Morgan fingerprint density at radius 1 is 1.47 bits per heavy atom. The normalized spacial score (nSPS) is 17.8. The zero-order valence-electron chi connectivity index (χ0n) is 11.6. The average molecular weight is 262 g/mol. The van der Waals surface area contributed by atoms with Crippen LogP contribution in [0.1, 0.15) is 19.4 Å². The van der Waals surface area contributed by atoms with Gasteiger partial charge in [0.1, 0.15) is 12.4 Å². The maximum absolute atomic E-state index is 12.5. The number of hydrogen-bond acceptors (Lipinski definition) is 3. The van der Waals surface area contributed by atoms with E-state index in [4.69, 9.17) is 10.5 Å². The van der Waals surface area contributed by atoms with Crippen molar-refractivity contribution in [2.45, 2.75) is 26.3 Å². The monoisotopic (exact) mass is 262 g/mol. The van der Waals surface area contributed by atoms with Crippen molar-refractivity contribution < 1.29 is 9.53 Å². The Morgan fingerprint density at radius 3 is 2.89 bits per heavy atom. The lowest BCUT2D eigenvalue weighted by Gasteiger charge is -2.32. The highest BCUT2D eigenvalue weighted by Gasteiger charge is 2.30. The summed E-state index contributed by atoms with van der Waals surface area (Å²) in [4.78, 5) is 14.4. The molecular formula is C15H22N2O2. The number of hydrogen-bond donors (Lipinski definition) is 1. The summed E-state index contributed by atoms with van der Waals surface area (Å²) in [6.07, 6.45) is 0.753. The topological polar surface area (TPSA) is 55.6 Å². The van der Waals surface area contributed by atoms with Crippen LogP contribution in [0.25, 0.3) is 0 Å². The molecule has 0 bridgehead atoms. The van der Waals surface area contributed by atoms with E-state index in [1.807, 2.05) is 43.0 Å². The molecule has 4 nitrogen and oxygen atoms in total. The second kappa shape index (κ2) is 6.06. The minimum atomic E-state index is -0.0937. The van der Waals surface area contributed by atoms with Crippen LogP contribution < -0.4 is 10.5 Å². The Balaban J connectivity index is 2.09. The highest BCUT2D eigenvalue weighted by Crippen LogP contribution is 2.27. The zero-order valence-corrected chi connectivity index (χ0v) is 11.6. The summed E-state index contributed by atoms with van der Waals surface area (Å²) in [6, 6.07) is 8.09. The summed E-state index contributed by atoms with van der Waals surface area (Å²) in [5, 5.41) is 0. The molecule has 1 unspecified atom stereocenters. The highest BCUT2D eigenvalue weighted by atomic mass is 16.5. The van der Waals surface area contributed by atoms with Crippen LogP contribution in [0.4, 0.5) is 0 Å². The quantitative estimate of drug-likeness (QED) is 0.893. The van der Waals surface area contributed by atoms with E-state index in [2.05, 4.69) is 0 Å². The summed E-state index contributed by atoms with van der Waals surface area (Å²) in [7, 11) is 0.